The molecule has 4 nitrogen and oxygen atoms in total. The van der Waals surface area contributed by atoms with Crippen molar-refractivity contribution in [2.45, 2.75) is 25.8 Å². The highest BCUT2D eigenvalue weighted by atomic mass is 15.2. The fourth-order valence-corrected chi connectivity index (χ4v) is 1.21. The van der Waals surface area contributed by atoms with E-state index in [9.17, 15) is 0 Å². The number of imidazole rings is 1. The molecule has 0 spiro atoms. The van der Waals surface area contributed by atoms with Gasteiger partial charge in [0.2, 0.25) is 5.95 Å². The molecular weight excluding hydrogens is 164 g/mol. The van der Waals surface area contributed by atoms with Crippen molar-refractivity contribution in [2.75, 3.05) is 11.9 Å². The summed E-state index contributed by atoms with van der Waals surface area (Å²) in [7, 11) is 1.97. The molecule has 13 heavy (non-hydrogen) atoms. The Morgan fingerprint density at radius 3 is 2.77 bits per heavy atom. The molecule has 1 aromatic heterocycles. The Morgan fingerprint density at radius 2 is 2.31 bits per heavy atom. The van der Waals surface area contributed by atoms with E-state index in [1.165, 1.54) is 0 Å². The normalized spacial score (nSPS) is 11.7. The minimum absolute atomic E-state index is 0.00780. The number of aryl methyl sites for hydroxylation is 1. The lowest BCUT2D eigenvalue weighted by Gasteiger charge is -2.26. The van der Waals surface area contributed by atoms with E-state index in [2.05, 4.69) is 24.1 Å². The minimum atomic E-state index is 0.00780. The molecule has 74 valence electrons. The Kier molecular flexibility index (Phi) is 2.93. The number of rotatable bonds is 4. The predicted molar refractivity (Wildman–Crippen MR) is 54.6 cm³/mol. The van der Waals surface area contributed by atoms with Crippen LogP contribution in [0.2, 0.25) is 0 Å². The monoisotopic (exact) mass is 182 g/mol. The third-order valence-corrected chi connectivity index (χ3v) is 2.04. The molecule has 3 N–H and O–H groups in total. The van der Waals surface area contributed by atoms with E-state index in [0.29, 0.717) is 6.54 Å². The van der Waals surface area contributed by atoms with E-state index in [4.69, 9.17) is 5.73 Å². The molecule has 0 aliphatic rings. The molecule has 0 amide bonds. The summed E-state index contributed by atoms with van der Waals surface area (Å²) in [5.74, 6) is 0.887. The van der Waals surface area contributed by atoms with E-state index in [-0.39, 0.29) is 5.54 Å². The maximum atomic E-state index is 5.51. The highest BCUT2D eigenvalue weighted by Gasteiger charge is 2.17. The second-order valence-corrected chi connectivity index (χ2v) is 3.91. The molecule has 0 atom stereocenters. The highest BCUT2D eigenvalue weighted by Crippen LogP contribution is 2.14. The second kappa shape index (κ2) is 3.79. The maximum absolute atomic E-state index is 5.51. The molecular formula is C9H18N4. The maximum Gasteiger partial charge on any atom is 0.202 e. The van der Waals surface area contributed by atoms with Crippen LogP contribution in [0.15, 0.2) is 12.4 Å². The first-order valence-corrected chi connectivity index (χ1v) is 4.51. The zero-order valence-corrected chi connectivity index (χ0v) is 8.54. The van der Waals surface area contributed by atoms with Gasteiger partial charge in [-0.25, -0.2) is 4.98 Å². The van der Waals surface area contributed by atoms with E-state index in [1.54, 1.807) is 6.20 Å². The summed E-state index contributed by atoms with van der Waals surface area (Å²) in [5, 5.41) is 3.34. The average molecular weight is 182 g/mol. The number of hydrogen-bond donors (Lipinski definition) is 2. The van der Waals surface area contributed by atoms with Crippen molar-refractivity contribution < 1.29 is 0 Å². The fourth-order valence-electron chi connectivity index (χ4n) is 1.21. The third-order valence-electron chi connectivity index (χ3n) is 2.04. The summed E-state index contributed by atoms with van der Waals surface area (Å²) in [5.41, 5.74) is 5.52. The number of aromatic nitrogens is 2. The van der Waals surface area contributed by atoms with Crippen molar-refractivity contribution in [1.82, 2.24) is 9.55 Å². The van der Waals surface area contributed by atoms with Gasteiger partial charge in [-0.3, -0.25) is 0 Å². The van der Waals surface area contributed by atoms with Crippen LogP contribution < -0.4 is 11.1 Å². The van der Waals surface area contributed by atoms with Gasteiger partial charge in [0.25, 0.3) is 0 Å². The molecule has 0 bridgehead atoms. The van der Waals surface area contributed by atoms with Crippen LogP contribution in [0.5, 0.6) is 0 Å². The third kappa shape index (κ3) is 2.73. The summed E-state index contributed by atoms with van der Waals surface area (Å²) in [6, 6.07) is 0. The van der Waals surface area contributed by atoms with E-state index < -0.39 is 0 Å². The van der Waals surface area contributed by atoms with Gasteiger partial charge in [0.05, 0.1) is 0 Å². The zero-order chi connectivity index (χ0) is 9.90. The summed E-state index contributed by atoms with van der Waals surface area (Å²) in [6.07, 6.45) is 4.63. The lowest BCUT2D eigenvalue weighted by molar-refractivity contribution is 0.519. The van der Waals surface area contributed by atoms with Gasteiger partial charge in [-0.1, -0.05) is 0 Å². The summed E-state index contributed by atoms with van der Waals surface area (Å²) >= 11 is 0. The molecule has 1 rings (SSSR count). The fraction of sp³-hybridized carbons (Fsp3) is 0.667. The van der Waals surface area contributed by atoms with Gasteiger partial charge in [-0.2, -0.15) is 0 Å². The first-order valence-electron chi connectivity index (χ1n) is 4.51. The van der Waals surface area contributed by atoms with Crippen LogP contribution in [0.1, 0.15) is 20.3 Å². The smallest absolute Gasteiger partial charge is 0.202 e. The second-order valence-electron chi connectivity index (χ2n) is 3.91. The number of nitrogens with two attached hydrogens (primary N) is 1. The SMILES string of the molecule is Cn1ccnc1NC(C)(C)CCN. The number of nitrogens with zero attached hydrogens (tertiary/aromatic N) is 2. The molecule has 1 heterocycles. The average Bonchev–Trinajstić information content (AvgIpc) is 2.35. The largest absolute Gasteiger partial charge is 0.351 e. The minimum Gasteiger partial charge on any atom is -0.351 e. The van der Waals surface area contributed by atoms with E-state index in [0.717, 1.165) is 12.4 Å². The number of nitrogens with one attached hydrogen (secondary N) is 1. The molecule has 0 fully saturated rings. The van der Waals surface area contributed by atoms with Gasteiger partial charge in [0, 0.05) is 25.0 Å². The zero-order valence-electron chi connectivity index (χ0n) is 8.54. The first-order chi connectivity index (χ1) is 6.05. The van der Waals surface area contributed by atoms with Crippen molar-refractivity contribution in [1.29, 1.82) is 0 Å². The summed E-state index contributed by atoms with van der Waals surface area (Å²) in [4.78, 5) is 4.19. The predicted octanol–water partition coefficient (Wildman–Crippen LogP) is 0.959. The van der Waals surface area contributed by atoms with Gasteiger partial charge in [-0.15, -0.1) is 0 Å². The van der Waals surface area contributed by atoms with Gasteiger partial charge in [-0.05, 0) is 26.8 Å². The standard InChI is InChI=1S/C9H18N4/c1-9(2,4-5-10)12-8-11-6-7-13(8)3/h6-7H,4-5,10H2,1-3H3,(H,11,12). The van der Waals surface area contributed by atoms with Gasteiger partial charge in [0.1, 0.15) is 0 Å². The van der Waals surface area contributed by atoms with Crippen LogP contribution >= 0.6 is 0 Å². The van der Waals surface area contributed by atoms with Crippen LogP contribution in [0.25, 0.3) is 0 Å². The quantitative estimate of drug-likeness (QED) is 0.729. The highest BCUT2D eigenvalue weighted by molar-refractivity contribution is 5.29. The van der Waals surface area contributed by atoms with Gasteiger partial charge >= 0.3 is 0 Å². The Labute approximate surface area is 79.1 Å². The van der Waals surface area contributed by atoms with Crippen molar-refractivity contribution in [3.05, 3.63) is 12.4 Å². The van der Waals surface area contributed by atoms with E-state index in [1.807, 2.05) is 17.8 Å². The molecule has 0 aliphatic carbocycles. The van der Waals surface area contributed by atoms with Crippen molar-refractivity contribution >= 4 is 5.95 Å². The Morgan fingerprint density at radius 1 is 1.62 bits per heavy atom. The number of anilines is 1. The molecule has 4 heteroatoms. The lowest BCUT2D eigenvalue weighted by atomic mass is 10.0. The van der Waals surface area contributed by atoms with Crippen LogP contribution in [0.4, 0.5) is 5.95 Å². The topological polar surface area (TPSA) is 55.9 Å². The van der Waals surface area contributed by atoms with Crippen LogP contribution in [0, 0.1) is 0 Å². The molecule has 0 unspecified atom stereocenters. The lowest BCUT2D eigenvalue weighted by Crippen LogP contribution is -2.34. The Balaban J connectivity index is 2.63. The van der Waals surface area contributed by atoms with E-state index >= 15 is 0 Å². The van der Waals surface area contributed by atoms with Crippen molar-refractivity contribution in [3.8, 4) is 0 Å². The molecule has 0 aliphatic heterocycles. The molecule has 0 aromatic carbocycles. The van der Waals surface area contributed by atoms with Crippen LogP contribution in [0.3, 0.4) is 0 Å². The number of hydrogen-bond acceptors (Lipinski definition) is 3. The first kappa shape index (κ1) is 10.1. The van der Waals surface area contributed by atoms with Gasteiger partial charge < -0.3 is 15.6 Å². The Hall–Kier alpha value is -1.03. The molecule has 0 saturated heterocycles. The molecule has 0 saturated carbocycles. The van der Waals surface area contributed by atoms with Crippen molar-refractivity contribution in [3.63, 3.8) is 0 Å². The van der Waals surface area contributed by atoms with Gasteiger partial charge in [0.15, 0.2) is 0 Å². The van der Waals surface area contributed by atoms with Crippen molar-refractivity contribution in [2.24, 2.45) is 12.8 Å². The Bertz CT molecular complexity index is 264. The molecule has 1 aromatic rings. The summed E-state index contributed by atoms with van der Waals surface area (Å²) in [6.45, 7) is 4.92. The van der Waals surface area contributed by atoms with Crippen LogP contribution in [-0.2, 0) is 7.05 Å². The van der Waals surface area contributed by atoms with Crippen LogP contribution in [-0.4, -0.2) is 21.6 Å². The molecule has 0 radical (unpaired) electrons. The summed E-state index contributed by atoms with van der Waals surface area (Å²) < 4.78 is 1.96.